The zero-order chi connectivity index (χ0) is 14.4. The zero-order valence-corrected chi connectivity index (χ0v) is 11.4. The van der Waals surface area contributed by atoms with E-state index < -0.39 is 5.97 Å². The normalized spacial score (nSPS) is 15.7. The molecular weight excluding hydrogens is 250 g/mol. The molecular formula is C12H21N3O4. The number of amides is 2. The average molecular weight is 271 g/mol. The first-order valence-electron chi connectivity index (χ1n) is 6.39. The molecule has 1 saturated heterocycles. The van der Waals surface area contributed by atoms with Gasteiger partial charge >= 0.3 is 5.97 Å². The van der Waals surface area contributed by atoms with E-state index in [2.05, 4.69) is 5.32 Å². The molecule has 0 unspecified atom stereocenters. The lowest BCUT2D eigenvalue weighted by Crippen LogP contribution is -2.54. The first-order valence-corrected chi connectivity index (χ1v) is 6.39. The molecule has 19 heavy (non-hydrogen) atoms. The van der Waals surface area contributed by atoms with E-state index in [0.717, 1.165) is 6.42 Å². The van der Waals surface area contributed by atoms with Gasteiger partial charge in [0.2, 0.25) is 11.8 Å². The van der Waals surface area contributed by atoms with Crippen LogP contribution in [0.3, 0.4) is 0 Å². The van der Waals surface area contributed by atoms with Crippen molar-refractivity contribution in [3.63, 3.8) is 0 Å². The Morgan fingerprint density at radius 1 is 1.37 bits per heavy atom. The van der Waals surface area contributed by atoms with Gasteiger partial charge in [-0.2, -0.15) is 0 Å². The van der Waals surface area contributed by atoms with E-state index in [-0.39, 0.29) is 30.8 Å². The molecule has 1 aliphatic rings. The van der Waals surface area contributed by atoms with Crippen LogP contribution in [0, 0.1) is 5.92 Å². The standard InChI is InChI=1S/C12H21N3O4/c1-3-4-13-10(16)7-14(2)11(17)8-15-5-9(6-15)12(18)19/h9H,3-8H2,1-2H3,(H,13,16)(H,18,19). The predicted molar refractivity (Wildman–Crippen MR) is 68.5 cm³/mol. The van der Waals surface area contributed by atoms with Gasteiger partial charge in [0, 0.05) is 26.7 Å². The molecule has 0 spiro atoms. The first-order chi connectivity index (χ1) is 8.93. The minimum Gasteiger partial charge on any atom is -0.481 e. The van der Waals surface area contributed by atoms with Gasteiger partial charge in [-0.05, 0) is 6.42 Å². The highest BCUT2D eigenvalue weighted by molar-refractivity contribution is 5.85. The van der Waals surface area contributed by atoms with Crippen molar-refractivity contribution in [2.24, 2.45) is 5.92 Å². The van der Waals surface area contributed by atoms with Gasteiger partial charge in [0.25, 0.3) is 0 Å². The Morgan fingerprint density at radius 3 is 2.53 bits per heavy atom. The molecule has 108 valence electrons. The van der Waals surface area contributed by atoms with Crippen molar-refractivity contribution in [2.75, 3.05) is 39.8 Å². The van der Waals surface area contributed by atoms with E-state index in [0.29, 0.717) is 19.6 Å². The van der Waals surface area contributed by atoms with Crippen LogP contribution in [0.5, 0.6) is 0 Å². The van der Waals surface area contributed by atoms with Gasteiger partial charge in [-0.15, -0.1) is 0 Å². The second-order valence-electron chi connectivity index (χ2n) is 4.83. The molecule has 0 aromatic carbocycles. The second-order valence-corrected chi connectivity index (χ2v) is 4.83. The molecule has 0 saturated carbocycles. The topological polar surface area (TPSA) is 90.0 Å². The summed E-state index contributed by atoms with van der Waals surface area (Å²) in [5.74, 6) is -1.54. The lowest BCUT2D eigenvalue weighted by molar-refractivity contribution is -0.150. The van der Waals surface area contributed by atoms with E-state index in [1.807, 2.05) is 6.92 Å². The number of carbonyl (C=O) groups is 3. The molecule has 2 N–H and O–H groups in total. The number of rotatable bonds is 7. The minimum absolute atomic E-state index is 0.0367. The van der Waals surface area contributed by atoms with Crippen molar-refractivity contribution in [2.45, 2.75) is 13.3 Å². The highest BCUT2D eigenvalue weighted by Gasteiger charge is 2.33. The molecule has 1 rings (SSSR count). The van der Waals surface area contributed by atoms with Gasteiger partial charge in [0.1, 0.15) is 0 Å². The number of carboxylic acids is 1. The van der Waals surface area contributed by atoms with Crippen LogP contribution in [0.1, 0.15) is 13.3 Å². The Balaban J connectivity index is 2.22. The molecule has 0 aliphatic carbocycles. The fraction of sp³-hybridized carbons (Fsp3) is 0.750. The van der Waals surface area contributed by atoms with Crippen LogP contribution in [0.15, 0.2) is 0 Å². The number of nitrogens with zero attached hydrogens (tertiary/aromatic N) is 2. The maximum absolute atomic E-state index is 11.8. The maximum Gasteiger partial charge on any atom is 0.309 e. The summed E-state index contributed by atoms with van der Waals surface area (Å²) in [4.78, 5) is 37.0. The molecule has 1 aliphatic heterocycles. The summed E-state index contributed by atoms with van der Waals surface area (Å²) >= 11 is 0. The highest BCUT2D eigenvalue weighted by Crippen LogP contribution is 2.14. The molecule has 7 nitrogen and oxygen atoms in total. The Morgan fingerprint density at radius 2 is 2.00 bits per heavy atom. The summed E-state index contributed by atoms with van der Waals surface area (Å²) in [5, 5.41) is 11.4. The summed E-state index contributed by atoms with van der Waals surface area (Å²) in [6.07, 6.45) is 0.855. The average Bonchev–Trinajstić information content (AvgIpc) is 2.29. The molecule has 0 atom stereocenters. The van der Waals surface area contributed by atoms with Gasteiger partial charge in [-0.1, -0.05) is 6.92 Å². The van der Waals surface area contributed by atoms with Crippen LogP contribution in [0.2, 0.25) is 0 Å². The lowest BCUT2D eigenvalue weighted by atomic mass is 10.0. The van der Waals surface area contributed by atoms with E-state index in [4.69, 9.17) is 5.11 Å². The van der Waals surface area contributed by atoms with Gasteiger partial charge in [0.05, 0.1) is 19.0 Å². The van der Waals surface area contributed by atoms with Crippen LogP contribution < -0.4 is 5.32 Å². The third-order valence-electron chi connectivity index (χ3n) is 3.04. The van der Waals surface area contributed by atoms with E-state index in [1.165, 1.54) is 4.90 Å². The Labute approximate surface area is 112 Å². The Bertz CT molecular complexity index is 353. The van der Waals surface area contributed by atoms with Crippen LogP contribution in [-0.2, 0) is 14.4 Å². The fourth-order valence-corrected chi connectivity index (χ4v) is 1.79. The third-order valence-corrected chi connectivity index (χ3v) is 3.04. The van der Waals surface area contributed by atoms with Crippen molar-refractivity contribution < 1.29 is 19.5 Å². The van der Waals surface area contributed by atoms with Crippen molar-refractivity contribution in [1.29, 1.82) is 0 Å². The van der Waals surface area contributed by atoms with Crippen molar-refractivity contribution in [3.8, 4) is 0 Å². The number of likely N-dealkylation sites (N-methyl/N-ethyl adjacent to an activating group) is 1. The third kappa shape index (κ3) is 4.86. The van der Waals surface area contributed by atoms with Gasteiger partial charge in [-0.25, -0.2) is 0 Å². The number of likely N-dealkylation sites (tertiary alicyclic amines) is 1. The molecule has 0 aromatic heterocycles. The summed E-state index contributed by atoms with van der Waals surface area (Å²) in [5.41, 5.74) is 0. The Kier molecular flexibility index (Phi) is 5.75. The first kappa shape index (κ1) is 15.4. The lowest BCUT2D eigenvalue weighted by Gasteiger charge is -2.36. The second kappa shape index (κ2) is 7.08. The largest absolute Gasteiger partial charge is 0.481 e. The summed E-state index contributed by atoms with van der Waals surface area (Å²) in [7, 11) is 1.57. The monoisotopic (exact) mass is 271 g/mol. The number of aliphatic carboxylic acids is 1. The molecule has 7 heteroatoms. The molecule has 0 aromatic rings. The molecule has 1 heterocycles. The van der Waals surface area contributed by atoms with Gasteiger partial charge < -0.3 is 15.3 Å². The van der Waals surface area contributed by atoms with Crippen LogP contribution in [-0.4, -0.2) is 72.5 Å². The SMILES string of the molecule is CCCNC(=O)CN(C)C(=O)CN1CC(C(=O)O)C1. The van der Waals surface area contributed by atoms with Crippen molar-refractivity contribution in [1.82, 2.24) is 15.1 Å². The number of carbonyl (C=O) groups excluding carboxylic acids is 2. The Hall–Kier alpha value is -1.63. The van der Waals surface area contributed by atoms with Crippen LogP contribution in [0.4, 0.5) is 0 Å². The number of nitrogens with one attached hydrogen (secondary N) is 1. The summed E-state index contributed by atoms with van der Waals surface area (Å²) in [6, 6.07) is 0. The van der Waals surface area contributed by atoms with Gasteiger partial charge in [0.15, 0.2) is 0 Å². The quantitative estimate of drug-likeness (QED) is 0.619. The van der Waals surface area contributed by atoms with Crippen LogP contribution >= 0.6 is 0 Å². The van der Waals surface area contributed by atoms with E-state index in [1.54, 1.807) is 11.9 Å². The molecule has 0 radical (unpaired) electrons. The summed E-state index contributed by atoms with van der Waals surface area (Å²) in [6.45, 7) is 3.56. The minimum atomic E-state index is -0.823. The van der Waals surface area contributed by atoms with Crippen molar-refractivity contribution in [3.05, 3.63) is 0 Å². The van der Waals surface area contributed by atoms with Crippen LogP contribution in [0.25, 0.3) is 0 Å². The van der Waals surface area contributed by atoms with Crippen molar-refractivity contribution >= 4 is 17.8 Å². The molecule has 0 bridgehead atoms. The number of hydrogen-bond acceptors (Lipinski definition) is 4. The number of carboxylic acid groups (broad SMARTS) is 1. The van der Waals surface area contributed by atoms with E-state index in [9.17, 15) is 14.4 Å². The molecule has 2 amide bonds. The maximum atomic E-state index is 11.8. The van der Waals surface area contributed by atoms with E-state index >= 15 is 0 Å². The summed E-state index contributed by atoms with van der Waals surface area (Å²) < 4.78 is 0. The fourth-order valence-electron chi connectivity index (χ4n) is 1.79. The van der Waals surface area contributed by atoms with Gasteiger partial charge in [-0.3, -0.25) is 19.3 Å². The highest BCUT2D eigenvalue weighted by atomic mass is 16.4. The number of hydrogen-bond donors (Lipinski definition) is 2. The smallest absolute Gasteiger partial charge is 0.309 e. The zero-order valence-electron chi connectivity index (χ0n) is 11.4. The predicted octanol–water partition coefficient (Wildman–Crippen LogP) is -1.01. The molecule has 1 fully saturated rings.